The number of likely N-dealkylation sites (tertiary alicyclic amines) is 1. The van der Waals surface area contributed by atoms with Crippen LogP contribution in [0.3, 0.4) is 0 Å². The summed E-state index contributed by atoms with van der Waals surface area (Å²) in [7, 11) is 0. The second-order valence-corrected chi connectivity index (χ2v) is 7.99. The van der Waals surface area contributed by atoms with Crippen molar-refractivity contribution in [1.29, 1.82) is 0 Å². The summed E-state index contributed by atoms with van der Waals surface area (Å²) in [6.07, 6.45) is 1.62. The summed E-state index contributed by atoms with van der Waals surface area (Å²) in [6.45, 7) is 5.42. The monoisotopic (exact) mass is 388 g/mol. The first-order valence-corrected chi connectivity index (χ1v) is 9.79. The molecule has 8 heteroatoms. The van der Waals surface area contributed by atoms with Crippen LogP contribution in [0.4, 0.5) is 10.8 Å². The topological polar surface area (TPSA) is 94.6 Å². The van der Waals surface area contributed by atoms with Crippen LogP contribution < -0.4 is 10.6 Å². The lowest BCUT2D eigenvalue weighted by molar-refractivity contribution is -0.123. The molecule has 1 atom stereocenters. The molecular formula is C19H24N4O3S. The van der Waals surface area contributed by atoms with Gasteiger partial charge in [0.25, 0.3) is 0 Å². The number of carbonyl (C=O) groups is 2. The van der Waals surface area contributed by atoms with Crippen molar-refractivity contribution < 1.29 is 14.7 Å². The van der Waals surface area contributed by atoms with Gasteiger partial charge in [-0.1, -0.05) is 12.1 Å². The molecule has 3 rings (SSSR count). The van der Waals surface area contributed by atoms with Crippen LogP contribution in [-0.4, -0.2) is 46.4 Å². The number of hydrogen-bond acceptors (Lipinski definition) is 6. The van der Waals surface area contributed by atoms with Gasteiger partial charge in [-0.25, -0.2) is 4.98 Å². The highest BCUT2D eigenvalue weighted by Gasteiger charge is 2.27. The van der Waals surface area contributed by atoms with E-state index in [1.807, 2.05) is 18.7 Å². The van der Waals surface area contributed by atoms with Crippen LogP contribution in [0.15, 0.2) is 24.3 Å². The Hall–Kier alpha value is -2.45. The number of aromatic nitrogens is 1. The lowest BCUT2D eigenvalue weighted by atomic mass is 9.97. The average Bonchev–Trinajstić information content (AvgIpc) is 2.94. The second-order valence-electron chi connectivity index (χ2n) is 6.79. The van der Waals surface area contributed by atoms with E-state index in [0.29, 0.717) is 17.4 Å². The summed E-state index contributed by atoms with van der Waals surface area (Å²) >= 11 is 1.46. The Labute approximate surface area is 162 Å². The molecule has 1 aliphatic rings. The molecule has 0 bridgehead atoms. The van der Waals surface area contributed by atoms with Gasteiger partial charge in [-0.2, -0.15) is 0 Å². The van der Waals surface area contributed by atoms with Crippen LogP contribution in [0.5, 0.6) is 5.75 Å². The molecule has 2 heterocycles. The molecule has 3 N–H and O–H groups in total. The van der Waals surface area contributed by atoms with Gasteiger partial charge in [0.05, 0.1) is 23.8 Å². The van der Waals surface area contributed by atoms with Gasteiger partial charge in [0.15, 0.2) is 5.13 Å². The summed E-state index contributed by atoms with van der Waals surface area (Å²) in [5.74, 6) is -0.416. The van der Waals surface area contributed by atoms with Crippen molar-refractivity contribution in [1.82, 2.24) is 9.88 Å². The van der Waals surface area contributed by atoms with Crippen molar-refractivity contribution >= 4 is 34.0 Å². The van der Waals surface area contributed by atoms with Gasteiger partial charge < -0.3 is 15.7 Å². The molecule has 1 unspecified atom stereocenters. The number of para-hydroxylation sites is 2. The lowest BCUT2D eigenvalue weighted by Crippen LogP contribution is -2.43. The number of phenolic OH excluding ortho intramolecular Hbond substituents is 1. The van der Waals surface area contributed by atoms with Crippen molar-refractivity contribution in [2.45, 2.75) is 26.7 Å². The minimum atomic E-state index is -0.212. The van der Waals surface area contributed by atoms with E-state index in [2.05, 4.69) is 15.6 Å². The zero-order valence-corrected chi connectivity index (χ0v) is 16.3. The molecule has 27 heavy (non-hydrogen) atoms. The predicted molar refractivity (Wildman–Crippen MR) is 106 cm³/mol. The molecule has 1 fully saturated rings. The summed E-state index contributed by atoms with van der Waals surface area (Å²) < 4.78 is 0. The van der Waals surface area contributed by atoms with Crippen LogP contribution >= 0.6 is 11.3 Å². The van der Waals surface area contributed by atoms with Crippen LogP contribution in [-0.2, 0) is 9.59 Å². The smallest absolute Gasteiger partial charge is 0.240 e. The third kappa shape index (κ3) is 5.05. The van der Waals surface area contributed by atoms with Gasteiger partial charge in [-0.15, -0.1) is 11.3 Å². The van der Waals surface area contributed by atoms with E-state index < -0.39 is 0 Å². The molecule has 0 radical (unpaired) electrons. The first kappa shape index (κ1) is 19.3. The normalized spacial score (nSPS) is 17.5. The van der Waals surface area contributed by atoms with Gasteiger partial charge in [0.1, 0.15) is 5.75 Å². The first-order valence-electron chi connectivity index (χ1n) is 8.97. The zero-order valence-electron chi connectivity index (χ0n) is 15.5. The number of anilines is 2. The lowest BCUT2D eigenvalue weighted by Gasteiger charge is -2.31. The fourth-order valence-corrected chi connectivity index (χ4v) is 3.95. The Morgan fingerprint density at radius 3 is 2.78 bits per heavy atom. The van der Waals surface area contributed by atoms with Crippen molar-refractivity contribution in [3.05, 3.63) is 34.8 Å². The molecular weight excluding hydrogens is 364 g/mol. The molecule has 1 aliphatic heterocycles. The Kier molecular flexibility index (Phi) is 6.08. The molecule has 144 valence electrons. The number of nitrogens with one attached hydrogen (secondary N) is 2. The number of phenols is 1. The van der Waals surface area contributed by atoms with Gasteiger partial charge in [-0.05, 0) is 45.4 Å². The van der Waals surface area contributed by atoms with Crippen molar-refractivity contribution in [2.24, 2.45) is 5.92 Å². The third-order valence-electron chi connectivity index (χ3n) is 4.68. The van der Waals surface area contributed by atoms with Crippen LogP contribution in [0.2, 0.25) is 0 Å². The number of nitrogens with zero attached hydrogens (tertiary/aromatic N) is 2. The van der Waals surface area contributed by atoms with Crippen LogP contribution in [0.25, 0.3) is 0 Å². The van der Waals surface area contributed by atoms with Gasteiger partial charge >= 0.3 is 0 Å². The number of aromatic hydroxyl groups is 1. The fraction of sp³-hybridized carbons (Fsp3) is 0.421. The molecule has 1 aromatic heterocycles. The minimum absolute atomic E-state index is 0.0481. The number of rotatable bonds is 5. The largest absolute Gasteiger partial charge is 0.506 e. The van der Waals surface area contributed by atoms with Crippen LogP contribution in [0.1, 0.15) is 23.4 Å². The minimum Gasteiger partial charge on any atom is -0.506 e. The van der Waals surface area contributed by atoms with Crippen LogP contribution in [0, 0.1) is 19.8 Å². The van der Waals surface area contributed by atoms with E-state index in [1.165, 1.54) is 17.4 Å². The Balaban J connectivity index is 1.53. The number of carbonyl (C=O) groups excluding carboxylic acids is 2. The average molecular weight is 388 g/mol. The standard InChI is InChI=1S/C19H24N4O3S/c1-12-13(2)27-19(20-12)22-17(25)11-23-9-5-6-14(10-23)18(26)21-15-7-3-4-8-16(15)24/h3-4,7-8,14,24H,5-6,9-11H2,1-2H3,(H,21,26)(H,20,22,25). The summed E-state index contributed by atoms with van der Waals surface area (Å²) in [5.41, 5.74) is 1.33. The fourth-order valence-electron chi connectivity index (χ4n) is 3.12. The number of thiazole rings is 1. The molecule has 7 nitrogen and oxygen atoms in total. The second kappa shape index (κ2) is 8.49. The van der Waals surface area contributed by atoms with E-state index in [-0.39, 0.29) is 30.0 Å². The number of amides is 2. The van der Waals surface area contributed by atoms with Gasteiger partial charge in [-0.3, -0.25) is 14.5 Å². The first-order chi connectivity index (χ1) is 12.9. The molecule has 0 spiro atoms. The van der Waals surface area contributed by atoms with Gasteiger partial charge in [0.2, 0.25) is 11.8 Å². The molecule has 0 saturated carbocycles. The van der Waals surface area contributed by atoms with E-state index in [9.17, 15) is 14.7 Å². The van der Waals surface area contributed by atoms with Crippen molar-refractivity contribution in [3.8, 4) is 5.75 Å². The maximum Gasteiger partial charge on any atom is 0.240 e. The highest BCUT2D eigenvalue weighted by molar-refractivity contribution is 7.15. The molecule has 2 aromatic rings. The Morgan fingerprint density at radius 1 is 1.30 bits per heavy atom. The maximum atomic E-state index is 12.5. The maximum absolute atomic E-state index is 12.5. The molecule has 1 aromatic carbocycles. The molecule has 0 aliphatic carbocycles. The van der Waals surface area contributed by atoms with E-state index in [0.717, 1.165) is 30.0 Å². The third-order valence-corrected chi connectivity index (χ3v) is 5.67. The summed E-state index contributed by atoms with van der Waals surface area (Å²) in [5, 5.41) is 16.0. The Morgan fingerprint density at radius 2 is 2.07 bits per heavy atom. The number of aryl methyl sites for hydroxylation is 2. The predicted octanol–water partition coefficient (Wildman–Crippen LogP) is 2.75. The summed E-state index contributed by atoms with van der Waals surface area (Å²) in [6, 6.07) is 6.67. The van der Waals surface area contributed by atoms with Crippen molar-refractivity contribution in [3.63, 3.8) is 0 Å². The highest BCUT2D eigenvalue weighted by atomic mass is 32.1. The van der Waals surface area contributed by atoms with E-state index in [4.69, 9.17) is 0 Å². The molecule has 1 saturated heterocycles. The quantitative estimate of drug-likeness (QED) is 0.685. The highest BCUT2D eigenvalue weighted by Crippen LogP contribution is 2.25. The van der Waals surface area contributed by atoms with E-state index >= 15 is 0 Å². The SMILES string of the molecule is Cc1nc(NC(=O)CN2CCCC(C(=O)Nc3ccccc3O)C2)sc1C. The number of hydrogen-bond donors (Lipinski definition) is 3. The van der Waals surface area contributed by atoms with Crippen molar-refractivity contribution in [2.75, 3.05) is 30.3 Å². The Bertz CT molecular complexity index is 817. The zero-order chi connectivity index (χ0) is 19.4. The summed E-state index contributed by atoms with van der Waals surface area (Å²) in [4.78, 5) is 32.2. The number of piperidine rings is 1. The molecule has 2 amide bonds. The van der Waals surface area contributed by atoms with E-state index in [1.54, 1.807) is 18.2 Å². The van der Waals surface area contributed by atoms with Gasteiger partial charge in [0, 0.05) is 11.4 Å². The number of benzene rings is 1.